The average molecular weight is 397 g/mol. The number of amides is 1. The number of nitrogens with zero attached hydrogens (tertiary/aromatic N) is 1. The Balaban J connectivity index is 1.84. The van der Waals surface area contributed by atoms with Gasteiger partial charge in [-0.3, -0.25) is 4.79 Å². The Kier molecular flexibility index (Phi) is 7.56. The highest BCUT2D eigenvalue weighted by molar-refractivity contribution is 6.35. The molecule has 0 saturated carbocycles. The van der Waals surface area contributed by atoms with E-state index < -0.39 is 0 Å². The smallest absolute Gasteiger partial charge is 0.261 e. The minimum absolute atomic E-state index is 0.228. The lowest BCUT2D eigenvalue weighted by Gasteiger charge is -2.09. The number of methoxy groups -OCH3 is 2. The highest BCUT2D eigenvalue weighted by atomic mass is 35.5. The van der Waals surface area contributed by atoms with Gasteiger partial charge in [-0.2, -0.15) is 0 Å². The molecule has 0 aromatic heterocycles. The first-order valence-corrected chi connectivity index (χ1v) is 8.37. The van der Waals surface area contributed by atoms with Crippen LogP contribution in [0.3, 0.4) is 0 Å². The molecule has 2 rings (SSSR count). The van der Waals surface area contributed by atoms with Crippen molar-refractivity contribution in [3.8, 4) is 11.5 Å². The maximum Gasteiger partial charge on any atom is 0.261 e. The molecular formula is C18H18Cl2N2O4. The standard InChI is InChI=1S/C18H18Cl2N2O4/c1-24-16-5-3-4-13(18(16)25-2)10-22-26-11-17(23)21-9-12-6-7-14(19)8-15(12)20/h3-8,10H,9,11H2,1-2H3,(H,21,23)/b22-10-. The van der Waals surface area contributed by atoms with Crippen LogP contribution < -0.4 is 14.8 Å². The molecule has 0 atom stereocenters. The third-order valence-corrected chi connectivity index (χ3v) is 3.97. The summed E-state index contributed by atoms with van der Waals surface area (Å²) in [6.07, 6.45) is 1.45. The molecule has 0 radical (unpaired) electrons. The van der Waals surface area contributed by atoms with Crippen LogP contribution in [0.2, 0.25) is 10.0 Å². The maximum atomic E-state index is 11.8. The molecule has 138 valence electrons. The lowest BCUT2D eigenvalue weighted by molar-refractivity contribution is -0.125. The SMILES string of the molecule is COc1cccc(/C=N\OCC(=O)NCc2ccc(Cl)cc2Cl)c1OC. The molecule has 0 saturated heterocycles. The summed E-state index contributed by atoms with van der Waals surface area (Å²) in [5, 5.41) is 7.50. The van der Waals surface area contributed by atoms with Crippen molar-refractivity contribution in [2.45, 2.75) is 6.54 Å². The zero-order valence-corrected chi connectivity index (χ0v) is 15.8. The summed E-state index contributed by atoms with van der Waals surface area (Å²) in [5.74, 6) is 0.781. The van der Waals surface area contributed by atoms with Gasteiger partial charge < -0.3 is 19.6 Å². The topological polar surface area (TPSA) is 69.2 Å². The molecule has 0 aliphatic rings. The lowest BCUT2D eigenvalue weighted by atomic mass is 10.2. The minimum atomic E-state index is -0.328. The Labute approximate surface area is 161 Å². The number of carbonyl (C=O) groups is 1. The zero-order valence-electron chi connectivity index (χ0n) is 14.3. The Morgan fingerprint density at radius 1 is 1.19 bits per heavy atom. The molecule has 0 aliphatic heterocycles. The van der Waals surface area contributed by atoms with Gasteiger partial charge in [0, 0.05) is 22.2 Å². The predicted octanol–water partition coefficient (Wildman–Crippen LogP) is 3.68. The Morgan fingerprint density at radius 2 is 2.00 bits per heavy atom. The molecule has 26 heavy (non-hydrogen) atoms. The maximum absolute atomic E-state index is 11.8. The largest absolute Gasteiger partial charge is 0.493 e. The highest BCUT2D eigenvalue weighted by Crippen LogP contribution is 2.29. The van der Waals surface area contributed by atoms with Gasteiger partial charge in [-0.05, 0) is 29.8 Å². The van der Waals surface area contributed by atoms with Gasteiger partial charge in [0.2, 0.25) is 0 Å². The fraction of sp³-hybridized carbons (Fsp3) is 0.222. The number of hydrogen-bond acceptors (Lipinski definition) is 5. The van der Waals surface area contributed by atoms with E-state index in [1.165, 1.54) is 13.3 Å². The second kappa shape index (κ2) is 9.89. The zero-order chi connectivity index (χ0) is 18.9. The van der Waals surface area contributed by atoms with Crippen molar-refractivity contribution >= 4 is 35.3 Å². The van der Waals surface area contributed by atoms with Gasteiger partial charge in [0.15, 0.2) is 18.1 Å². The number of hydrogen-bond donors (Lipinski definition) is 1. The van der Waals surface area contributed by atoms with Gasteiger partial charge >= 0.3 is 0 Å². The number of oxime groups is 1. The number of ether oxygens (including phenoxy) is 2. The van der Waals surface area contributed by atoms with Crippen LogP contribution in [0.1, 0.15) is 11.1 Å². The molecular weight excluding hydrogens is 379 g/mol. The fourth-order valence-electron chi connectivity index (χ4n) is 2.11. The summed E-state index contributed by atoms with van der Waals surface area (Å²) in [6.45, 7) is 0.0413. The summed E-state index contributed by atoms with van der Waals surface area (Å²) in [7, 11) is 3.08. The van der Waals surface area contributed by atoms with E-state index >= 15 is 0 Å². The molecule has 0 unspecified atom stereocenters. The molecule has 6 nitrogen and oxygen atoms in total. The molecule has 2 aromatic rings. The van der Waals surface area contributed by atoms with Crippen LogP contribution in [-0.4, -0.2) is 32.9 Å². The number of carbonyl (C=O) groups excluding carboxylic acids is 1. The van der Waals surface area contributed by atoms with Gasteiger partial charge in [-0.25, -0.2) is 0 Å². The van der Waals surface area contributed by atoms with Crippen LogP contribution in [0.25, 0.3) is 0 Å². The second-order valence-electron chi connectivity index (χ2n) is 5.10. The second-order valence-corrected chi connectivity index (χ2v) is 5.95. The monoisotopic (exact) mass is 396 g/mol. The Morgan fingerprint density at radius 3 is 2.69 bits per heavy atom. The number of halogens is 2. The van der Waals surface area contributed by atoms with Gasteiger partial charge in [0.05, 0.1) is 20.4 Å². The van der Waals surface area contributed by atoms with Gasteiger partial charge in [0.25, 0.3) is 5.91 Å². The predicted molar refractivity (Wildman–Crippen MR) is 101 cm³/mol. The van der Waals surface area contributed by atoms with Crippen molar-refractivity contribution in [1.82, 2.24) is 5.32 Å². The van der Waals surface area contributed by atoms with Crippen molar-refractivity contribution in [3.63, 3.8) is 0 Å². The Hall–Kier alpha value is -2.44. The van der Waals surface area contributed by atoms with Gasteiger partial charge in [0.1, 0.15) is 0 Å². The normalized spacial score (nSPS) is 10.6. The van der Waals surface area contributed by atoms with E-state index in [1.54, 1.807) is 43.5 Å². The van der Waals surface area contributed by atoms with Crippen molar-refractivity contribution in [3.05, 3.63) is 57.6 Å². The summed E-state index contributed by atoms with van der Waals surface area (Å²) < 4.78 is 10.5. The molecule has 0 fully saturated rings. The number of rotatable bonds is 8. The van der Waals surface area contributed by atoms with E-state index in [2.05, 4.69) is 10.5 Å². The highest BCUT2D eigenvalue weighted by Gasteiger charge is 2.08. The summed E-state index contributed by atoms with van der Waals surface area (Å²) in [4.78, 5) is 16.8. The van der Waals surface area contributed by atoms with Crippen LogP contribution in [-0.2, 0) is 16.2 Å². The average Bonchev–Trinajstić information content (AvgIpc) is 2.64. The first-order chi connectivity index (χ1) is 12.5. The first kappa shape index (κ1) is 19.9. The van der Waals surface area contributed by atoms with E-state index in [0.717, 1.165) is 5.56 Å². The minimum Gasteiger partial charge on any atom is -0.493 e. The van der Waals surface area contributed by atoms with E-state index in [-0.39, 0.29) is 19.1 Å². The van der Waals surface area contributed by atoms with Crippen LogP contribution in [0.5, 0.6) is 11.5 Å². The van der Waals surface area contributed by atoms with Crippen LogP contribution in [0.15, 0.2) is 41.6 Å². The molecule has 0 bridgehead atoms. The van der Waals surface area contributed by atoms with E-state index in [1.807, 2.05) is 0 Å². The molecule has 1 N–H and O–H groups in total. The van der Waals surface area contributed by atoms with Gasteiger partial charge in [-0.15, -0.1) is 0 Å². The number of nitrogens with one attached hydrogen (secondary N) is 1. The lowest BCUT2D eigenvalue weighted by Crippen LogP contribution is -2.26. The Bertz CT molecular complexity index is 797. The van der Waals surface area contributed by atoms with Crippen LogP contribution in [0, 0.1) is 0 Å². The molecule has 1 amide bonds. The van der Waals surface area contributed by atoms with Crippen molar-refractivity contribution < 1.29 is 19.1 Å². The first-order valence-electron chi connectivity index (χ1n) is 7.62. The van der Waals surface area contributed by atoms with Crippen molar-refractivity contribution in [2.24, 2.45) is 5.16 Å². The van der Waals surface area contributed by atoms with Crippen LogP contribution in [0.4, 0.5) is 0 Å². The van der Waals surface area contributed by atoms with E-state index in [9.17, 15) is 4.79 Å². The summed E-state index contributed by atoms with van der Waals surface area (Å²) in [5.41, 5.74) is 1.43. The quantitative estimate of drug-likeness (QED) is 0.545. The van der Waals surface area contributed by atoms with Crippen molar-refractivity contribution in [1.29, 1.82) is 0 Å². The molecule has 0 heterocycles. The van der Waals surface area contributed by atoms with E-state index in [4.69, 9.17) is 37.5 Å². The summed E-state index contributed by atoms with van der Waals surface area (Å²) in [6, 6.07) is 10.4. The van der Waals surface area contributed by atoms with Crippen LogP contribution >= 0.6 is 23.2 Å². The third-order valence-electron chi connectivity index (χ3n) is 3.39. The molecule has 0 aliphatic carbocycles. The third kappa shape index (κ3) is 5.54. The number of para-hydroxylation sites is 1. The molecule has 0 spiro atoms. The van der Waals surface area contributed by atoms with E-state index in [0.29, 0.717) is 27.1 Å². The fourth-order valence-corrected chi connectivity index (χ4v) is 2.59. The molecule has 8 heteroatoms. The number of benzene rings is 2. The summed E-state index contributed by atoms with van der Waals surface area (Å²) >= 11 is 11.9. The molecule has 2 aromatic carbocycles. The van der Waals surface area contributed by atoms with Gasteiger partial charge in [-0.1, -0.05) is 40.5 Å². The van der Waals surface area contributed by atoms with Crippen molar-refractivity contribution in [2.75, 3.05) is 20.8 Å².